The SMILES string of the molecule is Nc1ccc(NS(=O)(=O)c2ccc([N+](=O)[O-])cc2Cl)cc1. The van der Waals surface area contributed by atoms with Gasteiger partial charge in [-0.3, -0.25) is 14.8 Å². The number of anilines is 2. The van der Waals surface area contributed by atoms with Gasteiger partial charge in [0.15, 0.2) is 0 Å². The lowest BCUT2D eigenvalue weighted by Crippen LogP contribution is -2.13. The number of nitrogens with two attached hydrogens (primary N) is 1. The van der Waals surface area contributed by atoms with Crippen molar-refractivity contribution in [2.75, 3.05) is 10.5 Å². The van der Waals surface area contributed by atoms with E-state index in [9.17, 15) is 18.5 Å². The normalized spacial score (nSPS) is 11.1. The van der Waals surface area contributed by atoms with E-state index in [0.717, 1.165) is 18.2 Å². The maximum Gasteiger partial charge on any atom is 0.271 e. The van der Waals surface area contributed by atoms with E-state index in [1.807, 2.05) is 0 Å². The highest BCUT2D eigenvalue weighted by molar-refractivity contribution is 7.92. The highest BCUT2D eigenvalue weighted by Gasteiger charge is 2.20. The van der Waals surface area contributed by atoms with Gasteiger partial charge >= 0.3 is 0 Å². The molecule has 0 unspecified atom stereocenters. The molecule has 0 atom stereocenters. The molecule has 2 aromatic carbocycles. The van der Waals surface area contributed by atoms with E-state index >= 15 is 0 Å². The van der Waals surface area contributed by atoms with Crippen molar-refractivity contribution in [1.82, 2.24) is 0 Å². The number of sulfonamides is 1. The lowest BCUT2D eigenvalue weighted by Gasteiger charge is -2.09. The molecule has 0 saturated heterocycles. The van der Waals surface area contributed by atoms with Crippen LogP contribution in [0.3, 0.4) is 0 Å². The molecule has 0 radical (unpaired) electrons. The second-order valence-corrected chi connectivity index (χ2v) is 6.16. The summed E-state index contributed by atoms with van der Waals surface area (Å²) in [6.45, 7) is 0. The topological polar surface area (TPSA) is 115 Å². The molecule has 7 nitrogen and oxygen atoms in total. The lowest BCUT2D eigenvalue weighted by molar-refractivity contribution is -0.384. The summed E-state index contributed by atoms with van der Waals surface area (Å²) >= 11 is 5.81. The third kappa shape index (κ3) is 3.41. The van der Waals surface area contributed by atoms with Gasteiger partial charge < -0.3 is 5.73 Å². The fourth-order valence-corrected chi connectivity index (χ4v) is 3.18. The summed E-state index contributed by atoms with van der Waals surface area (Å²) < 4.78 is 26.7. The van der Waals surface area contributed by atoms with Gasteiger partial charge in [-0.15, -0.1) is 0 Å². The van der Waals surface area contributed by atoms with Gasteiger partial charge in [0, 0.05) is 23.5 Å². The number of non-ortho nitro benzene ring substituents is 1. The molecule has 2 aromatic rings. The molecule has 0 aliphatic carbocycles. The van der Waals surface area contributed by atoms with Crippen molar-refractivity contribution in [3.63, 3.8) is 0 Å². The van der Waals surface area contributed by atoms with E-state index < -0.39 is 14.9 Å². The zero-order valence-electron chi connectivity index (χ0n) is 10.5. The Hall–Kier alpha value is -2.32. The number of nitro benzene ring substituents is 1. The van der Waals surface area contributed by atoms with Gasteiger partial charge in [-0.2, -0.15) is 0 Å². The van der Waals surface area contributed by atoms with Gasteiger partial charge in [-0.05, 0) is 30.3 Å². The summed E-state index contributed by atoms with van der Waals surface area (Å²) in [5.41, 5.74) is 6.02. The fourth-order valence-electron chi connectivity index (χ4n) is 1.58. The summed E-state index contributed by atoms with van der Waals surface area (Å²) in [6.07, 6.45) is 0. The Bertz CT molecular complexity index is 791. The van der Waals surface area contributed by atoms with Crippen molar-refractivity contribution >= 4 is 38.7 Å². The van der Waals surface area contributed by atoms with Crippen molar-refractivity contribution < 1.29 is 13.3 Å². The number of rotatable bonds is 4. The van der Waals surface area contributed by atoms with Gasteiger partial charge in [-0.1, -0.05) is 11.6 Å². The molecule has 0 spiro atoms. The van der Waals surface area contributed by atoms with Crippen LogP contribution in [0, 0.1) is 10.1 Å². The molecule has 0 aliphatic heterocycles. The number of hydrogen-bond acceptors (Lipinski definition) is 5. The Labute approximate surface area is 125 Å². The molecule has 3 N–H and O–H groups in total. The fraction of sp³-hybridized carbons (Fsp3) is 0. The molecule has 0 bridgehead atoms. The smallest absolute Gasteiger partial charge is 0.271 e. The van der Waals surface area contributed by atoms with Crippen LogP contribution < -0.4 is 10.5 Å². The number of nitrogens with one attached hydrogen (secondary N) is 1. The highest BCUT2D eigenvalue weighted by Crippen LogP contribution is 2.27. The maximum absolute atomic E-state index is 12.2. The summed E-state index contributed by atoms with van der Waals surface area (Å²) in [6, 6.07) is 9.20. The van der Waals surface area contributed by atoms with E-state index in [4.69, 9.17) is 17.3 Å². The minimum atomic E-state index is -3.94. The van der Waals surface area contributed by atoms with Crippen LogP contribution in [0.25, 0.3) is 0 Å². The Morgan fingerprint density at radius 3 is 2.29 bits per heavy atom. The molecule has 0 amide bonds. The first-order valence-electron chi connectivity index (χ1n) is 5.62. The minimum absolute atomic E-state index is 0.229. The van der Waals surface area contributed by atoms with E-state index in [2.05, 4.69) is 4.72 Å². The average molecular weight is 328 g/mol. The lowest BCUT2D eigenvalue weighted by atomic mass is 10.3. The Kier molecular flexibility index (Phi) is 4.01. The monoisotopic (exact) mass is 327 g/mol. The van der Waals surface area contributed by atoms with Crippen molar-refractivity contribution in [1.29, 1.82) is 0 Å². The quantitative estimate of drug-likeness (QED) is 0.508. The molecule has 0 aromatic heterocycles. The van der Waals surface area contributed by atoms with E-state index in [0.29, 0.717) is 11.4 Å². The van der Waals surface area contributed by atoms with Gasteiger partial charge in [0.1, 0.15) is 4.90 Å². The van der Waals surface area contributed by atoms with Crippen LogP contribution in [0.1, 0.15) is 0 Å². The molecular formula is C12H10ClN3O4S. The molecule has 9 heteroatoms. The van der Waals surface area contributed by atoms with Crippen molar-refractivity contribution in [3.05, 3.63) is 57.6 Å². The first-order chi connectivity index (χ1) is 9.79. The maximum atomic E-state index is 12.2. The van der Waals surface area contributed by atoms with E-state index in [1.165, 1.54) is 24.3 Å². The minimum Gasteiger partial charge on any atom is -0.399 e. The number of nitrogen functional groups attached to an aromatic ring is 1. The molecule has 0 fully saturated rings. The summed E-state index contributed by atoms with van der Waals surface area (Å²) in [4.78, 5) is 9.71. The average Bonchev–Trinajstić information content (AvgIpc) is 2.40. The number of hydrogen-bond donors (Lipinski definition) is 2. The van der Waals surface area contributed by atoms with Gasteiger partial charge in [-0.25, -0.2) is 8.42 Å². The largest absolute Gasteiger partial charge is 0.399 e. The van der Waals surface area contributed by atoms with Gasteiger partial charge in [0.05, 0.1) is 9.95 Å². The number of nitro groups is 1. The van der Waals surface area contributed by atoms with Crippen LogP contribution in [0.4, 0.5) is 17.1 Å². The van der Waals surface area contributed by atoms with Crippen LogP contribution in [-0.4, -0.2) is 13.3 Å². The van der Waals surface area contributed by atoms with Crippen LogP contribution in [-0.2, 0) is 10.0 Å². The summed E-state index contributed by atoms with van der Waals surface area (Å²) in [7, 11) is -3.94. The van der Waals surface area contributed by atoms with Gasteiger partial charge in [0.25, 0.3) is 15.7 Å². The third-order valence-corrected chi connectivity index (χ3v) is 4.44. The highest BCUT2D eigenvalue weighted by atomic mass is 35.5. The second-order valence-electron chi connectivity index (χ2n) is 4.10. The zero-order valence-corrected chi connectivity index (χ0v) is 12.1. The Morgan fingerprint density at radius 2 is 1.76 bits per heavy atom. The predicted octanol–water partition coefficient (Wildman–Crippen LogP) is 2.63. The molecule has 0 heterocycles. The van der Waals surface area contributed by atoms with Gasteiger partial charge in [0.2, 0.25) is 0 Å². The van der Waals surface area contributed by atoms with Crippen LogP contribution in [0.15, 0.2) is 47.4 Å². The number of halogens is 1. The first kappa shape index (κ1) is 15.1. The molecule has 2 rings (SSSR count). The van der Waals surface area contributed by atoms with Crippen LogP contribution in [0.5, 0.6) is 0 Å². The number of nitrogens with zero attached hydrogens (tertiary/aromatic N) is 1. The second kappa shape index (κ2) is 5.58. The molecule has 0 aliphatic rings. The van der Waals surface area contributed by atoms with E-state index in [-0.39, 0.29) is 15.6 Å². The molecule has 0 saturated carbocycles. The standard InChI is InChI=1S/C12H10ClN3O4S/c13-11-7-10(16(17)18)5-6-12(11)21(19,20)15-9-3-1-8(14)2-4-9/h1-7,15H,14H2. The summed E-state index contributed by atoms with van der Waals surface area (Å²) in [5, 5.41) is 10.4. The van der Waals surface area contributed by atoms with Crippen molar-refractivity contribution in [3.8, 4) is 0 Å². The van der Waals surface area contributed by atoms with Crippen LogP contribution in [0.2, 0.25) is 5.02 Å². The van der Waals surface area contributed by atoms with E-state index in [1.54, 1.807) is 0 Å². The zero-order chi connectivity index (χ0) is 15.6. The summed E-state index contributed by atoms with van der Waals surface area (Å²) in [5.74, 6) is 0. The molecule has 21 heavy (non-hydrogen) atoms. The Balaban J connectivity index is 2.35. The molecule has 110 valence electrons. The van der Waals surface area contributed by atoms with Crippen LogP contribution >= 0.6 is 11.6 Å². The third-order valence-electron chi connectivity index (χ3n) is 2.58. The van der Waals surface area contributed by atoms with Crippen molar-refractivity contribution in [2.45, 2.75) is 4.90 Å². The number of benzene rings is 2. The predicted molar refractivity (Wildman–Crippen MR) is 79.8 cm³/mol. The van der Waals surface area contributed by atoms with Crippen molar-refractivity contribution in [2.24, 2.45) is 0 Å². The Morgan fingerprint density at radius 1 is 1.14 bits per heavy atom. The first-order valence-corrected chi connectivity index (χ1v) is 7.48. The molecular weight excluding hydrogens is 318 g/mol.